The summed E-state index contributed by atoms with van der Waals surface area (Å²) in [7, 11) is 0. The van der Waals surface area contributed by atoms with Gasteiger partial charge in [0.15, 0.2) is 5.13 Å². The van der Waals surface area contributed by atoms with Crippen LogP contribution in [0, 0.1) is 12.8 Å². The van der Waals surface area contributed by atoms with Crippen LogP contribution in [0.4, 0.5) is 5.13 Å². The lowest BCUT2D eigenvalue weighted by molar-refractivity contribution is -0.117. The molecule has 168 valence electrons. The van der Waals surface area contributed by atoms with Crippen molar-refractivity contribution in [2.75, 3.05) is 18.4 Å². The zero-order chi connectivity index (χ0) is 22.6. The predicted octanol–water partition coefficient (Wildman–Crippen LogP) is 4.89. The molecular weight excluding hydrogens is 432 g/mol. The van der Waals surface area contributed by atoms with Gasteiger partial charge in [0.2, 0.25) is 5.91 Å². The molecule has 1 aliphatic rings. The second kappa shape index (κ2) is 9.64. The Hall–Kier alpha value is -3.36. The number of anilines is 1. The van der Waals surface area contributed by atoms with E-state index in [0.29, 0.717) is 17.5 Å². The summed E-state index contributed by atoms with van der Waals surface area (Å²) in [4.78, 5) is 22.5. The Morgan fingerprint density at radius 1 is 1.21 bits per heavy atom. The van der Waals surface area contributed by atoms with Gasteiger partial charge in [-0.25, -0.2) is 4.98 Å². The number of nitrogens with zero attached hydrogens (tertiary/aromatic N) is 3. The normalized spacial score (nSPS) is 14.8. The van der Waals surface area contributed by atoms with E-state index in [-0.39, 0.29) is 5.91 Å². The molecule has 1 saturated heterocycles. The summed E-state index contributed by atoms with van der Waals surface area (Å²) < 4.78 is 0. The van der Waals surface area contributed by atoms with Crippen molar-refractivity contribution in [1.82, 2.24) is 25.5 Å². The van der Waals surface area contributed by atoms with Gasteiger partial charge >= 0.3 is 0 Å². The van der Waals surface area contributed by atoms with Gasteiger partial charge in [-0.3, -0.25) is 14.9 Å². The van der Waals surface area contributed by atoms with Gasteiger partial charge in [0, 0.05) is 18.0 Å². The molecule has 33 heavy (non-hydrogen) atoms. The third kappa shape index (κ3) is 5.02. The fraction of sp³-hybridized carbons (Fsp3) is 0.280. The van der Waals surface area contributed by atoms with Crippen LogP contribution < -0.4 is 10.6 Å². The minimum Gasteiger partial charge on any atom is -0.317 e. The Morgan fingerprint density at radius 3 is 2.91 bits per heavy atom. The van der Waals surface area contributed by atoms with E-state index in [1.807, 2.05) is 37.3 Å². The lowest BCUT2D eigenvalue weighted by Crippen LogP contribution is -2.30. The molecule has 1 fully saturated rings. The third-order valence-corrected chi connectivity index (χ3v) is 7.05. The van der Waals surface area contributed by atoms with Crippen LogP contribution in [0.25, 0.3) is 33.5 Å². The van der Waals surface area contributed by atoms with Gasteiger partial charge in [0.1, 0.15) is 0 Å². The summed E-state index contributed by atoms with van der Waals surface area (Å²) in [5.74, 6) is 0.506. The first-order chi connectivity index (χ1) is 16.2. The maximum atomic E-state index is 12.5. The van der Waals surface area contributed by atoms with Gasteiger partial charge in [-0.2, -0.15) is 5.10 Å². The topological polar surface area (TPSA) is 95.6 Å². The predicted molar refractivity (Wildman–Crippen MR) is 134 cm³/mol. The quantitative estimate of drug-likeness (QED) is 0.382. The Bertz CT molecular complexity index is 1290. The molecule has 0 atom stereocenters. The van der Waals surface area contributed by atoms with Crippen molar-refractivity contribution in [2.24, 2.45) is 5.92 Å². The van der Waals surface area contributed by atoms with Crippen LogP contribution >= 0.6 is 11.3 Å². The average molecular weight is 459 g/mol. The summed E-state index contributed by atoms with van der Waals surface area (Å²) in [5, 5.41) is 15.6. The van der Waals surface area contributed by atoms with Gasteiger partial charge in [-0.15, -0.1) is 0 Å². The number of carbonyl (C=O) groups excluding carboxylic acids is 1. The molecule has 0 unspecified atom stereocenters. The Balaban J connectivity index is 1.31. The van der Waals surface area contributed by atoms with Crippen molar-refractivity contribution in [3.63, 3.8) is 0 Å². The lowest BCUT2D eigenvalue weighted by atomic mass is 9.94. The number of aromatic nitrogens is 4. The minimum absolute atomic E-state index is 0.0514. The summed E-state index contributed by atoms with van der Waals surface area (Å²) in [5.41, 5.74) is 4.68. The molecule has 8 heteroatoms. The summed E-state index contributed by atoms with van der Waals surface area (Å²) in [6, 6.07) is 12.1. The molecule has 0 bridgehead atoms. The van der Waals surface area contributed by atoms with E-state index in [4.69, 9.17) is 0 Å². The number of thiazole rings is 1. The van der Waals surface area contributed by atoms with E-state index in [2.05, 4.69) is 49.0 Å². The van der Waals surface area contributed by atoms with Crippen molar-refractivity contribution < 1.29 is 4.79 Å². The highest BCUT2D eigenvalue weighted by molar-refractivity contribution is 7.19. The molecule has 0 aliphatic carbocycles. The molecule has 7 nitrogen and oxygen atoms in total. The van der Waals surface area contributed by atoms with Gasteiger partial charge in [-0.1, -0.05) is 23.5 Å². The molecule has 1 aromatic carbocycles. The third-order valence-electron chi connectivity index (χ3n) is 5.93. The van der Waals surface area contributed by atoms with Crippen LogP contribution in [0.3, 0.4) is 0 Å². The number of H-pyrrole nitrogens is 1. The largest absolute Gasteiger partial charge is 0.317 e. The van der Waals surface area contributed by atoms with Crippen LogP contribution in [0.2, 0.25) is 0 Å². The van der Waals surface area contributed by atoms with Crippen LogP contribution in [0.15, 0.2) is 42.6 Å². The number of carbonyl (C=O) groups is 1. The molecular formula is C25H26N6OS. The molecule has 5 rings (SSSR count). The fourth-order valence-electron chi connectivity index (χ4n) is 4.18. The maximum absolute atomic E-state index is 12.5. The highest BCUT2D eigenvalue weighted by Crippen LogP contribution is 2.35. The number of amides is 1. The summed E-state index contributed by atoms with van der Waals surface area (Å²) in [6.45, 7) is 3.97. The SMILES string of the molecule is Cc1nc(NC(=O)CC2CCNCC2)sc1-c1ccc2c(/C=C/c3ccccn3)n[nH]c2c1. The molecule has 0 saturated carbocycles. The molecule has 4 aromatic rings. The number of nitrogens with one attached hydrogen (secondary N) is 3. The monoisotopic (exact) mass is 458 g/mol. The van der Waals surface area contributed by atoms with E-state index in [1.165, 1.54) is 11.3 Å². The van der Waals surface area contributed by atoms with E-state index >= 15 is 0 Å². The minimum atomic E-state index is 0.0514. The Kier molecular flexibility index (Phi) is 6.28. The number of pyridine rings is 1. The average Bonchev–Trinajstić information content (AvgIpc) is 3.41. The Labute approximate surface area is 196 Å². The number of hydrogen-bond donors (Lipinski definition) is 3. The van der Waals surface area contributed by atoms with Crippen LogP contribution in [-0.4, -0.2) is 39.2 Å². The van der Waals surface area contributed by atoms with Gasteiger partial charge in [0.25, 0.3) is 0 Å². The highest BCUT2D eigenvalue weighted by Gasteiger charge is 2.18. The summed E-state index contributed by atoms with van der Waals surface area (Å²) in [6.07, 6.45) is 8.36. The maximum Gasteiger partial charge on any atom is 0.226 e. The fourth-order valence-corrected chi connectivity index (χ4v) is 5.16. The van der Waals surface area contributed by atoms with E-state index in [1.54, 1.807) is 6.20 Å². The molecule has 1 aliphatic heterocycles. The molecule has 0 radical (unpaired) electrons. The number of fused-ring (bicyclic) bond motifs is 1. The summed E-state index contributed by atoms with van der Waals surface area (Å²) >= 11 is 1.51. The first-order valence-electron chi connectivity index (χ1n) is 11.2. The van der Waals surface area contributed by atoms with Crippen LogP contribution in [0.5, 0.6) is 0 Å². The van der Waals surface area contributed by atoms with E-state index in [9.17, 15) is 4.79 Å². The zero-order valence-corrected chi connectivity index (χ0v) is 19.3. The standard InChI is InChI=1S/C25H26N6OS/c1-16-24(33-25(28-16)29-23(32)14-17-9-12-26-13-10-17)18-5-7-20-21(30-31-22(20)15-18)8-6-19-4-2-3-11-27-19/h2-8,11,15,17,26H,9-10,12-14H2,1H3,(H,30,31)(H,28,29,32)/b8-6+. The van der Waals surface area contributed by atoms with Crippen molar-refractivity contribution in [3.8, 4) is 10.4 Å². The molecule has 1 amide bonds. The van der Waals surface area contributed by atoms with Gasteiger partial charge < -0.3 is 10.6 Å². The molecule has 4 heterocycles. The van der Waals surface area contributed by atoms with Crippen molar-refractivity contribution in [3.05, 3.63) is 59.7 Å². The molecule has 3 aromatic heterocycles. The number of hydrogen-bond acceptors (Lipinski definition) is 6. The first kappa shape index (κ1) is 21.5. The number of piperidine rings is 1. The molecule has 0 spiro atoms. The van der Waals surface area contributed by atoms with Crippen LogP contribution in [-0.2, 0) is 4.79 Å². The second-order valence-electron chi connectivity index (χ2n) is 8.34. The van der Waals surface area contributed by atoms with Crippen molar-refractivity contribution in [2.45, 2.75) is 26.2 Å². The van der Waals surface area contributed by atoms with Crippen molar-refractivity contribution >= 4 is 45.4 Å². The second-order valence-corrected chi connectivity index (χ2v) is 9.34. The smallest absolute Gasteiger partial charge is 0.226 e. The van der Waals surface area contributed by atoms with Crippen molar-refractivity contribution in [1.29, 1.82) is 0 Å². The van der Waals surface area contributed by atoms with E-state index < -0.39 is 0 Å². The van der Waals surface area contributed by atoms with E-state index in [0.717, 1.165) is 64.4 Å². The highest BCUT2D eigenvalue weighted by atomic mass is 32.1. The van der Waals surface area contributed by atoms with Crippen LogP contribution in [0.1, 0.15) is 36.3 Å². The van der Waals surface area contributed by atoms with Gasteiger partial charge in [0.05, 0.1) is 27.5 Å². The zero-order valence-electron chi connectivity index (χ0n) is 18.5. The number of aromatic amines is 1. The number of benzene rings is 1. The first-order valence-corrected chi connectivity index (χ1v) is 12.0. The van der Waals surface area contributed by atoms with Gasteiger partial charge in [-0.05, 0) is 80.8 Å². The number of aryl methyl sites for hydroxylation is 1. The Morgan fingerprint density at radius 2 is 2.09 bits per heavy atom. The number of rotatable bonds is 6. The lowest BCUT2D eigenvalue weighted by Gasteiger charge is -2.21. The molecule has 3 N–H and O–H groups in total.